The van der Waals surface area contributed by atoms with Crippen molar-refractivity contribution in [1.82, 2.24) is 19.5 Å². The SMILES string of the molecule is N#Cc1cccc(C(=O)N2CCCC2c2nnc3ccccn23)c1. The molecule has 6 nitrogen and oxygen atoms in total. The van der Waals surface area contributed by atoms with E-state index in [4.69, 9.17) is 5.26 Å². The van der Waals surface area contributed by atoms with Crippen LogP contribution in [0.25, 0.3) is 5.65 Å². The van der Waals surface area contributed by atoms with E-state index in [-0.39, 0.29) is 11.9 Å². The van der Waals surface area contributed by atoms with Crippen LogP contribution in [0.2, 0.25) is 0 Å². The van der Waals surface area contributed by atoms with Crippen LogP contribution in [0.3, 0.4) is 0 Å². The minimum Gasteiger partial charge on any atom is -0.328 e. The van der Waals surface area contributed by atoms with Gasteiger partial charge < -0.3 is 4.90 Å². The number of amides is 1. The van der Waals surface area contributed by atoms with Crippen LogP contribution >= 0.6 is 0 Å². The number of carbonyl (C=O) groups is 1. The second-order valence-electron chi connectivity index (χ2n) is 5.84. The number of rotatable bonds is 2. The Balaban J connectivity index is 1.70. The van der Waals surface area contributed by atoms with Gasteiger partial charge in [-0.2, -0.15) is 5.26 Å². The summed E-state index contributed by atoms with van der Waals surface area (Å²) in [5.74, 6) is 0.718. The maximum atomic E-state index is 12.9. The molecule has 3 aromatic rings. The van der Waals surface area contributed by atoms with Gasteiger partial charge in [0.2, 0.25) is 0 Å². The molecule has 1 fully saturated rings. The number of hydrogen-bond donors (Lipinski definition) is 0. The summed E-state index contributed by atoms with van der Waals surface area (Å²) in [6, 6.07) is 14.5. The molecule has 24 heavy (non-hydrogen) atoms. The van der Waals surface area contributed by atoms with E-state index in [0.717, 1.165) is 24.3 Å². The summed E-state index contributed by atoms with van der Waals surface area (Å²) in [5.41, 5.74) is 1.80. The van der Waals surface area contributed by atoms with E-state index < -0.39 is 0 Å². The second kappa shape index (κ2) is 5.78. The third-order valence-corrected chi connectivity index (χ3v) is 4.39. The highest BCUT2D eigenvalue weighted by atomic mass is 16.2. The highest BCUT2D eigenvalue weighted by Gasteiger charge is 2.33. The topological polar surface area (TPSA) is 74.3 Å². The first-order valence-electron chi connectivity index (χ1n) is 7.89. The molecule has 1 aliphatic heterocycles. The first-order chi connectivity index (χ1) is 11.8. The minimum absolute atomic E-state index is 0.0673. The van der Waals surface area contributed by atoms with Crippen molar-refractivity contribution in [3.63, 3.8) is 0 Å². The molecular formula is C18H15N5O. The van der Waals surface area contributed by atoms with E-state index in [1.807, 2.05) is 33.7 Å². The van der Waals surface area contributed by atoms with Crippen LogP contribution in [0.4, 0.5) is 0 Å². The van der Waals surface area contributed by atoms with Crippen molar-refractivity contribution >= 4 is 11.6 Å². The highest BCUT2D eigenvalue weighted by Crippen LogP contribution is 2.32. The van der Waals surface area contributed by atoms with Crippen LogP contribution in [0, 0.1) is 11.3 Å². The number of carbonyl (C=O) groups excluding carboxylic acids is 1. The van der Waals surface area contributed by atoms with Gasteiger partial charge >= 0.3 is 0 Å². The van der Waals surface area contributed by atoms with Gasteiger partial charge in [0, 0.05) is 18.3 Å². The molecule has 1 saturated heterocycles. The first-order valence-corrected chi connectivity index (χ1v) is 7.89. The monoisotopic (exact) mass is 317 g/mol. The number of nitriles is 1. The van der Waals surface area contributed by atoms with Gasteiger partial charge in [-0.1, -0.05) is 12.1 Å². The predicted molar refractivity (Wildman–Crippen MR) is 87.2 cm³/mol. The lowest BCUT2D eigenvalue weighted by atomic mass is 10.1. The number of fused-ring (bicyclic) bond motifs is 1. The normalized spacial score (nSPS) is 17.1. The summed E-state index contributed by atoms with van der Waals surface area (Å²) < 4.78 is 1.93. The molecule has 0 aliphatic carbocycles. The van der Waals surface area contributed by atoms with Crippen molar-refractivity contribution in [3.8, 4) is 6.07 Å². The average Bonchev–Trinajstić information content (AvgIpc) is 3.27. The van der Waals surface area contributed by atoms with Gasteiger partial charge in [-0.3, -0.25) is 9.20 Å². The van der Waals surface area contributed by atoms with Crippen LogP contribution in [0.15, 0.2) is 48.7 Å². The number of benzene rings is 1. The number of likely N-dealkylation sites (tertiary alicyclic amines) is 1. The zero-order chi connectivity index (χ0) is 16.5. The quantitative estimate of drug-likeness (QED) is 0.728. The van der Waals surface area contributed by atoms with E-state index in [0.29, 0.717) is 17.7 Å². The molecule has 0 radical (unpaired) electrons. The first kappa shape index (κ1) is 14.4. The van der Waals surface area contributed by atoms with Crippen LogP contribution in [0.5, 0.6) is 0 Å². The largest absolute Gasteiger partial charge is 0.328 e. The molecule has 0 spiro atoms. The fraction of sp³-hybridized carbons (Fsp3) is 0.222. The Bertz CT molecular complexity index is 955. The summed E-state index contributed by atoms with van der Waals surface area (Å²) in [6.45, 7) is 0.683. The lowest BCUT2D eigenvalue weighted by molar-refractivity contribution is 0.0729. The molecule has 118 valence electrons. The van der Waals surface area contributed by atoms with Crippen molar-refractivity contribution < 1.29 is 4.79 Å². The summed E-state index contributed by atoms with van der Waals surface area (Å²) >= 11 is 0. The van der Waals surface area contributed by atoms with Crippen molar-refractivity contribution in [2.24, 2.45) is 0 Å². The summed E-state index contributed by atoms with van der Waals surface area (Å²) in [7, 11) is 0. The summed E-state index contributed by atoms with van der Waals surface area (Å²) in [5, 5.41) is 17.5. The standard InChI is InChI=1S/C18H15N5O/c19-12-13-5-3-6-14(11-13)18(24)22-10-4-7-15(22)17-21-20-16-8-1-2-9-23(16)17/h1-3,5-6,8-9,11,15H,4,7,10H2. The predicted octanol–water partition coefficient (Wildman–Crippen LogP) is 2.58. The Hall–Kier alpha value is -3.20. The van der Waals surface area contributed by atoms with Crippen molar-refractivity contribution in [3.05, 3.63) is 65.6 Å². The lowest BCUT2D eigenvalue weighted by Gasteiger charge is -2.23. The van der Waals surface area contributed by atoms with Gasteiger partial charge in [-0.25, -0.2) is 0 Å². The van der Waals surface area contributed by atoms with Gasteiger partial charge in [-0.05, 0) is 43.2 Å². The zero-order valence-corrected chi connectivity index (χ0v) is 13.0. The third-order valence-electron chi connectivity index (χ3n) is 4.39. The molecule has 1 unspecified atom stereocenters. The van der Waals surface area contributed by atoms with Crippen molar-refractivity contribution in [2.45, 2.75) is 18.9 Å². The Kier molecular flexibility index (Phi) is 3.47. The summed E-state index contributed by atoms with van der Waals surface area (Å²) in [6.07, 6.45) is 3.71. The van der Waals surface area contributed by atoms with E-state index in [1.54, 1.807) is 24.3 Å². The van der Waals surface area contributed by atoms with E-state index in [1.165, 1.54) is 0 Å². The van der Waals surface area contributed by atoms with Crippen LogP contribution in [-0.4, -0.2) is 31.9 Å². The molecule has 2 aromatic heterocycles. The number of nitrogens with zero attached hydrogens (tertiary/aromatic N) is 5. The molecule has 0 N–H and O–H groups in total. The highest BCUT2D eigenvalue weighted by molar-refractivity contribution is 5.95. The lowest BCUT2D eigenvalue weighted by Crippen LogP contribution is -2.31. The molecule has 1 atom stereocenters. The van der Waals surface area contributed by atoms with Crippen LogP contribution in [0.1, 0.15) is 40.6 Å². The van der Waals surface area contributed by atoms with Crippen molar-refractivity contribution in [2.75, 3.05) is 6.54 Å². The molecule has 6 heteroatoms. The van der Waals surface area contributed by atoms with Gasteiger partial charge in [-0.15, -0.1) is 10.2 Å². The Labute approximate surface area is 139 Å². The number of pyridine rings is 1. The van der Waals surface area contributed by atoms with Gasteiger partial charge in [0.05, 0.1) is 17.7 Å². The second-order valence-corrected chi connectivity index (χ2v) is 5.84. The molecule has 4 rings (SSSR count). The molecular weight excluding hydrogens is 302 g/mol. The van der Waals surface area contributed by atoms with E-state index in [9.17, 15) is 4.79 Å². The van der Waals surface area contributed by atoms with Crippen LogP contribution < -0.4 is 0 Å². The molecule has 3 heterocycles. The summed E-state index contributed by atoms with van der Waals surface area (Å²) in [4.78, 5) is 14.7. The molecule has 0 bridgehead atoms. The van der Waals surface area contributed by atoms with Gasteiger partial charge in [0.1, 0.15) is 0 Å². The third kappa shape index (κ3) is 2.31. The molecule has 1 aromatic carbocycles. The van der Waals surface area contributed by atoms with E-state index >= 15 is 0 Å². The van der Waals surface area contributed by atoms with Gasteiger partial charge in [0.25, 0.3) is 5.91 Å². The molecule has 1 amide bonds. The number of hydrogen-bond acceptors (Lipinski definition) is 4. The maximum Gasteiger partial charge on any atom is 0.254 e. The molecule has 1 aliphatic rings. The fourth-order valence-corrected chi connectivity index (χ4v) is 3.25. The van der Waals surface area contributed by atoms with Crippen molar-refractivity contribution in [1.29, 1.82) is 5.26 Å². The number of aromatic nitrogens is 3. The van der Waals surface area contributed by atoms with E-state index in [2.05, 4.69) is 16.3 Å². The Morgan fingerprint density at radius 2 is 2.12 bits per heavy atom. The Morgan fingerprint density at radius 3 is 3.00 bits per heavy atom. The minimum atomic E-state index is -0.0966. The Morgan fingerprint density at radius 1 is 1.21 bits per heavy atom. The molecule has 0 saturated carbocycles. The smallest absolute Gasteiger partial charge is 0.254 e. The van der Waals surface area contributed by atoms with Crippen LogP contribution in [-0.2, 0) is 0 Å². The maximum absolute atomic E-state index is 12.9. The fourth-order valence-electron chi connectivity index (χ4n) is 3.25. The average molecular weight is 317 g/mol. The van der Waals surface area contributed by atoms with Gasteiger partial charge in [0.15, 0.2) is 11.5 Å². The zero-order valence-electron chi connectivity index (χ0n) is 13.0.